The lowest BCUT2D eigenvalue weighted by Gasteiger charge is -2.36. The Balaban J connectivity index is 1.64. The van der Waals surface area contributed by atoms with E-state index in [4.69, 9.17) is 17.3 Å². The predicted molar refractivity (Wildman–Crippen MR) is 103 cm³/mol. The topological polar surface area (TPSA) is 63.4 Å². The SMILES string of the molecule is CC(N)(C(=O)N1CCC(C(=O)c2ccc(Cl)cc2)CC1)c1ccccc1. The van der Waals surface area contributed by atoms with E-state index in [2.05, 4.69) is 0 Å². The van der Waals surface area contributed by atoms with Gasteiger partial charge in [0, 0.05) is 29.6 Å². The Hall–Kier alpha value is -2.17. The van der Waals surface area contributed by atoms with E-state index in [0.29, 0.717) is 36.5 Å². The van der Waals surface area contributed by atoms with Crippen LogP contribution in [0.3, 0.4) is 0 Å². The van der Waals surface area contributed by atoms with E-state index >= 15 is 0 Å². The Morgan fingerprint density at radius 3 is 2.19 bits per heavy atom. The first kappa shape index (κ1) is 18.6. The van der Waals surface area contributed by atoms with Crippen molar-refractivity contribution in [3.8, 4) is 0 Å². The van der Waals surface area contributed by atoms with E-state index in [0.717, 1.165) is 5.56 Å². The maximum atomic E-state index is 12.9. The largest absolute Gasteiger partial charge is 0.341 e. The molecule has 3 rings (SSSR count). The van der Waals surface area contributed by atoms with Crippen LogP contribution in [0.2, 0.25) is 5.02 Å². The molecule has 4 nitrogen and oxygen atoms in total. The van der Waals surface area contributed by atoms with Crippen molar-refractivity contribution < 1.29 is 9.59 Å². The second-order valence-corrected chi connectivity index (χ2v) is 7.44. The van der Waals surface area contributed by atoms with Gasteiger partial charge in [0.2, 0.25) is 5.91 Å². The van der Waals surface area contributed by atoms with Crippen LogP contribution >= 0.6 is 11.6 Å². The van der Waals surface area contributed by atoms with Gasteiger partial charge < -0.3 is 10.6 Å². The number of nitrogens with zero attached hydrogens (tertiary/aromatic N) is 1. The lowest BCUT2D eigenvalue weighted by Crippen LogP contribution is -2.53. The molecule has 0 aliphatic carbocycles. The molecule has 2 aromatic rings. The molecule has 0 aromatic heterocycles. The van der Waals surface area contributed by atoms with Crippen LogP contribution in [0.5, 0.6) is 0 Å². The highest BCUT2D eigenvalue weighted by Gasteiger charge is 2.37. The Morgan fingerprint density at radius 1 is 1.04 bits per heavy atom. The van der Waals surface area contributed by atoms with Crippen LogP contribution in [-0.4, -0.2) is 29.7 Å². The van der Waals surface area contributed by atoms with Crippen LogP contribution in [-0.2, 0) is 10.3 Å². The number of piperidine rings is 1. The second kappa shape index (κ2) is 7.60. The molecule has 1 aliphatic heterocycles. The first-order chi connectivity index (χ1) is 12.4. The lowest BCUT2D eigenvalue weighted by atomic mass is 9.86. The zero-order valence-corrected chi connectivity index (χ0v) is 15.6. The number of halogens is 1. The predicted octanol–water partition coefficient (Wildman–Crippen LogP) is 3.64. The first-order valence-electron chi connectivity index (χ1n) is 8.83. The Kier molecular flexibility index (Phi) is 5.44. The third-order valence-electron chi connectivity index (χ3n) is 5.10. The summed E-state index contributed by atoms with van der Waals surface area (Å²) in [6.07, 6.45) is 1.30. The number of ketones is 1. The summed E-state index contributed by atoms with van der Waals surface area (Å²) in [6, 6.07) is 16.4. The summed E-state index contributed by atoms with van der Waals surface area (Å²) in [5, 5.41) is 0.616. The van der Waals surface area contributed by atoms with Gasteiger partial charge in [0.15, 0.2) is 5.78 Å². The summed E-state index contributed by atoms with van der Waals surface area (Å²) in [5.74, 6) is -0.0468. The lowest BCUT2D eigenvalue weighted by molar-refractivity contribution is -0.138. The first-order valence-corrected chi connectivity index (χ1v) is 9.21. The third kappa shape index (κ3) is 3.81. The summed E-state index contributed by atoms with van der Waals surface area (Å²) >= 11 is 5.88. The average Bonchev–Trinajstić information content (AvgIpc) is 2.68. The van der Waals surface area contributed by atoms with E-state index in [-0.39, 0.29) is 17.6 Å². The summed E-state index contributed by atoms with van der Waals surface area (Å²) in [5.41, 5.74) is 6.75. The summed E-state index contributed by atoms with van der Waals surface area (Å²) in [7, 11) is 0. The maximum absolute atomic E-state index is 12.9. The summed E-state index contributed by atoms with van der Waals surface area (Å²) in [4.78, 5) is 27.3. The molecule has 0 saturated carbocycles. The van der Waals surface area contributed by atoms with Gasteiger partial charge in [-0.2, -0.15) is 0 Å². The Bertz CT molecular complexity index is 779. The van der Waals surface area contributed by atoms with Crippen LogP contribution in [0.25, 0.3) is 0 Å². The minimum absolute atomic E-state index is 0.0685. The van der Waals surface area contributed by atoms with Crippen LogP contribution in [0, 0.1) is 5.92 Å². The molecule has 1 heterocycles. The number of likely N-dealkylation sites (tertiary alicyclic amines) is 1. The molecule has 5 heteroatoms. The molecular formula is C21H23ClN2O2. The average molecular weight is 371 g/mol. The molecule has 2 N–H and O–H groups in total. The third-order valence-corrected chi connectivity index (χ3v) is 5.35. The minimum atomic E-state index is -1.06. The van der Waals surface area contributed by atoms with E-state index in [1.165, 1.54) is 0 Å². The van der Waals surface area contributed by atoms with Crippen molar-refractivity contribution in [3.63, 3.8) is 0 Å². The number of hydrogen-bond acceptors (Lipinski definition) is 3. The molecule has 1 amide bonds. The van der Waals surface area contributed by atoms with E-state index in [1.807, 2.05) is 30.3 Å². The van der Waals surface area contributed by atoms with Gasteiger partial charge in [-0.3, -0.25) is 9.59 Å². The number of nitrogens with two attached hydrogens (primary N) is 1. The number of amides is 1. The highest BCUT2D eigenvalue weighted by atomic mass is 35.5. The Labute approximate surface area is 158 Å². The smallest absolute Gasteiger partial charge is 0.246 e. The van der Waals surface area contributed by atoms with Gasteiger partial charge in [-0.1, -0.05) is 41.9 Å². The zero-order chi connectivity index (χ0) is 18.7. The van der Waals surface area contributed by atoms with Crippen molar-refractivity contribution in [2.45, 2.75) is 25.3 Å². The second-order valence-electron chi connectivity index (χ2n) is 7.01. The molecule has 0 bridgehead atoms. The summed E-state index contributed by atoms with van der Waals surface area (Å²) in [6.45, 7) is 2.83. The van der Waals surface area contributed by atoms with Crippen LogP contribution in [0.4, 0.5) is 0 Å². The van der Waals surface area contributed by atoms with Gasteiger partial charge >= 0.3 is 0 Å². The molecule has 26 heavy (non-hydrogen) atoms. The fourth-order valence-corrected chi connectivity index (χ4v) is 3.56. The number of hydrogen-bond donors (Lipinski definition) is 1. The van der Waals surface area contributed by atoms with Crippen molar-refractivity contribution in [2.24, 2.45) is 11.7 Å². The highest BCUT2D eigenvalue weighted by Crippen LogP contribution is 2.26. The molecule has 1 aliphatic rings. The quantitative estimate of drug-likeness (QED) is 0.836. The van der Waals surface area contributed by atoms with Crippen molar-refractivity contribution in [3.05, 3.63) is 70.7 Å². The molecule has 2 aromatic carbocycles. The van der Waals surface area contributed by atoms with E-state index in [1.54, 1.807) is 36.1 Å². The highest BCUT2D eigenvalue weighted by molar-refractivity contribution is 6.30. The van der Waals surface area contributed by atoms with Gasteiger partial charge in [-0.05, 0) is 49.6 Å². The number of Topliss-reactive ketones (excluding diaryl/α,β-unsaturated/α-hetero) is 1. The monoisotopic (exact) mass is 370 g/mol. The number of carbonyl (C=O) groups is 2. The van der Waals surface area contributed by atoms with E-state index in [9.17, 15) is 9.59 Å². The van der Waals surface area contributed by atoms with Crippen LogP contribution < -0.4 is 5.73 Å². The fraction of sp³-hybridized carbons (Fsp3) is 0.333. The van der Waals surface area contributed by atoms with Gasteiger partial charge in [-0.25, -0.2) is 0 Å². The summed E-state index contributed by atoms with van der Waals surface area (Å²) < 4.78 is 0. The number of carbonyl (C=O) groups excluding carboxylic acids is 2. The van der Waals surface area contributed by atoms with Gasteiger partial charge in [0.05, 0.1) is 0 Å². The van der Waals surface area contributed by atoms with Crippen molar-refractivity contribution >= 4 is 23.3 Å². The number of benzene rings is 2. The molecule has 1 atom stereocenters. The molecule has 1 fully saturated rings. The molecule has 1 saturated heterocycles. The molecule has 1 unspecified atom stereocenters. The zero-order valence-electron chi connectivity index (χ0n) is 14.8. The van der Waals surface area contributed by atoms with Gasteiger partial charge in [0.25, 0.3) is 0 Å². The van der Waals surface area contributed by atoms with Crippen molar-refractivity contribution in [1.29, 1.82) is 0 Å². The molecule has 136 valence electrons. The van der Waals surface area contributed by atoms with Crippen LogP contribution in [0.15, 0.2) is 54.6 Å². The van der Waals surface area contributed by atoms with Crippen LogP contribution in [0.1, 0.15) is 35.7 Å². The maximum Gasteiger partial charge on any atom is 0.246 e. The normalized spacial score (nSPS) is 17.6. The molecular weight excluding hydrogens is 348 g/mol. The standard InChI is InChI=1S/C21H23ClN2O2/c1-21(23,17-5-3-2-4-6-17)20(26)24-13-11-16(12-14-24)19(25)15-7-9-18(22)10-8-15/h2-10,16H,11-14,23H2,1H3. The van der Waals surface area contributed by atoms with Crippen molar-refractivity contribution in [2.75, 3.05) is 13.1 Å². The Morgan fingerprint density at radius 2 is 1.62 bits per heavy atom. The van der Waals surface area contributed by atoms with Crippen molar-refractivity contribution in [1.82, 2.24) is 4.90 Å². The number of rotatable bonds is 4. The van der Waals surface area contributed by atoms with E-state index < -0.39 is 5.54 Å². The fourth-order valence-electron chi connectivity index (χ4n) is 3.43. The minimum Gasteiger partial charge on any atom is -0.341 e. The van der Waals surface area contributed by atoms with Gasteiger partial charge in [0.1, 0.15) is 5.54 Å². The molecule has 0 spiro atoms. The molecule has 0 radical (unpaired) electrons. The van der Waals surface area contributed by atoms with Gasteiger partial charge in [-0.15, -0.1) is 0 Å².